The second kappa shape index (κ2) is 5.52. The molecule has 17 heavy (non-hydrogen) atoms. The van der Waals surface area contributed by atoms with Gasteiger partial charge in [0.15, 0.2) is 0 Å². The van der Waals surface area contributed by atoms with Crippen molar-refractivity contribution in [2.75, 3.05) is 13.1 Å². The Labute approximate surface area is 100 Å². The molecule has 1 aliphatic heterocycles. The average Bonchev–Trinajstić information content (AvgIpc) is 2.83. The fourth-order valence-corrected chi connectivity index (χ4v) is 1.93. The number of carbonyl (C=O) groups is 2. The third-order valence-corrected chi connectivity index (χ3v) is 2.97. The van der Waals surface area contributed by atoms with Crippen molar-refractivity contribution < 1.29 is 9.59 Å². The summed E-state index contributed by atoms with van der Waals surface area (Å²) < 4.78 is 2.02. The number of rotatable bonds is 4. The first-order chi connectivity index (χ1) is 8.25. The molecule has 0 aromatic carbocycles. The molecule has 1 aromatic rings. The minimum atomic E-state index is -0.0719. The first-order valence-corrected chi connectivity index (χ1v) is 5.91. The fraction of sp³-hybridized carbons (Fsp3) is 0.500. The van der Waals surface area contributed by atoms with Crippen LogP contribution < -0.4 is 10.6 Å². The van der Waals surface area contributed by atoms with Crippen LogP contribution in [0.4, 0.5) is 0 Å². The maximum Gasteiger partial charge on any atom is 0.224 e. The number of hydrogen-bond acceptors (Lipinski definition) is 2. The minimum absolute atomic E-state index is 0.0390. The highest BCUT2D eigenvalue weighted by atomic mass is 16.2. The molecule has 2 amide bonds. The molecule has 5 nitrogen and oxygen atoms in total. The van der Waals surface area contributed by atoms with Gasteiger partial charge in [-0.3, -0.25) is 9.59 Å². The second-order valence-corrected chi connectivity index (χ2v) is 4.25. The van der Waals surface area contributed by atoms with Crippen LogP contribution >= 0.6 is 0 Å². The van der Waals surface area contributed by atoms with E-state index in [0.29, 0.717) is 25.9 Å². The predicted molar refractivity (Wildman–Crippen MR) is 63.2 cm³/mol. The summed E-state index contributed by atoms with van der Waals surface area (Å²) in [4.78, 5) is 22.7. The van der Waals surface area contributed by atoms with Crippen LogP contribution in [0.2, 0.25) is 0 Å². The molecule has 2 N–H and O–H groups in total. The van der Waals surface area contributed by atoms with Crippen LogP contribution in [-0.2, 0) is 16.1 Å². The van der Waals surface area contributed by atoms with Crippen molar-refractivity contribution in [2.45, 2.75) is 19.4 Å². The Morgan fingerprint density at radius 1 is 1.47 bits per heavy atom. The lowest BCUT2D eigenvalue weighted by Gasteiger charge is -2.21. The Kier molecular flexibility index (Phi) is 3.80. The van der Waals surface area contributed by atoms with E-state index in [-0.39, 0.29) is 17.7 Å². The number of hydrogen-bond donors (Lipinski definition) is 2. The van der Waals surface area contributed by atoms with Crippen molar-refractivity contribution in [3.05, 3.63) is 24.5 Å². The summed E-state index contributed by atoms with van der Waals surface area (Å²) >= 11 is 0. The van der Waals surface area contributed by atoms with Gasteiger partial charge in [0.25, 0.3) is 0 Å². The van der Waals surface area contributed by atoms with Gasteiger partial charge in [0.1, 0.15) is 0 Å². The standard InChI is InChI=1S/C12H17N3O2/c16-11-4-3-10(9-14-11)12(17)13-5-8-15-6-1-2-7-15/h1-2,6-7,10H,3-5,8-9H2,(H,13,17)(H,14,16). The summed E-state index contributed by atoms with van der Waals surface area (Å²) in [5.41, 5.74) is 0. The van der Waals surface area contributed by atoms with Gasteiger partial charge in [-0.05, 0) is 18.6 Å². The molecular formula is C12H17N3O2. The van der Waals surface area contributed by atoms with Gasteiger partial charge in [-0.15, -0.1) is 0 Å². The summed E-state index contributed by atoms with van der Waals surface area (Å²) in [6.45, 7) is 1.87. The van der Waals surface area contributed by atoms with Gasteiger partial charge in [0.2, 0.25) is 11.8 Å². The van der Waals surface area contributed by atoms with E-state index in [4.69, 9.17) is 0 Å². The average molecular weight is 235 g/mol. The molecule has 1 aromatic heterocycles. The van der Waals surface area contributed by atoms with E-state index < -0.39 is 0 Å². The van der Waals surface area contributed by atoms with Gasteiger partial charge in [0.05, 0.1) is 5.92 Å². The van der Waals surface area contributed by atoms with Gasteiger partial charge in [-0.25, -0.2) is 0 Å². The van der Waals surface area contributed by atoms with E-state index in [9.17, 15) is 9.59 Å². The van der Waals surface area contributed by atoms with Crippen molar-refractivity contribution >= 4 is 11.8 Å². The summed E-state index contributed by atoms with van der Waals surface area (Å²) in [5.74, 6) is 0.0101. The van der Waals surface area contributed by atoms with E-state index in [1.165, 1.54) is 0 Å². The highest BCUT2D eigenvalue weighted by Crippen LogP contribution is 2.10. The van der Waals surface area contributed by atoms with Crippen LogP contribution in [0.15, 0.2) is 24.5 Å². The SMILES string of the molecule is O=C1CCC(C(=O)NCCn2cccc2)CN1. The first kappa shape index (κ1) is 11.7. The molecule has 2 rings (SSSR count). The van der Waals surface area contributed by atoms with Crippen LogP contribution in [0.5, 0.6) is 0 Å². The van der Waals surface area contributed by atoms with E-state index in [1.54, 1.807) is 0 Å². The number of nitrogens with one attached hydrogen (secondary N) is 2. The molecule has 1 fully saturated rings. The third-order valence-electron chi connectivity index (χ3n) is 2.97. The number of carbonyl (C=O) groups excluding carboxylic acids is 2. The van der Waals surface area contributed by atoms with Gasteiger partial charge in [0, 0.05) is 38.4 Å². The van der Waals surface area contributed by atoms with Crippen molar-refractivity contribution in [3.63, 3.8) is 0 Å². The molecule has 1 unspecified atom stereocenters. The molecule has 1 atom stereocenters. The van der Waals surface area contributed by atoms with E-state index >= 15 is 0 Å². The number of nitrogens with zero attached hydrogens (tertiary/aromatic N) is 1. The molecule has 0 saturated carbocycles. The fourth-order valence-electron chi connectivity index (χ4n) is 1.93. The molecule has 1 aliphatic rings. The van der Waals surface area contributed by atoms with Crippen LogP contribution in [0, 0.1) is 5.92 Å². The van der Waals surface area contributed by atoms with Crippen molar-refractivity contribution in [2.24, 2.45) is 5.92 Å². The summed E-state index contributed by atoms with van der Waals surface area (Å²) in [7, 11) is 0. The predicted octanol–water partition coefficient (Wildman–Crippen LogP) is 0.130. The lowest BCUT2D eigenvalue weighted by Crippen LogP contribution is -2.43. The quantitative estimate of drug-likeness (QED) is 0.779. The molecule has 1 saturated heterocycles. The molecule has 0 spiro atoms. The normalized spacial score (nSPS) is 19.8. The number of amides is 2. The topological polar surface area (TPSA) is 63.1 Å². The van der Waals surface area contributed by atoms with Crippen LogP contribution in [0.25, 0.3) is 0 Å². The first-order valence-electron chi connectivity index (χ1n) is 5.91. The number of aromatic nitrogens is 1. The second-order valence-electron chi connectivity index (χ2n) is 4.25. The Morgan fingerprint density at radius 3 is 2.88 bits per heavy atom. The van der Waals surface area contributed by atoms with Crippen LogP contribution in [-0.4, -0.2) is 29.5 Å². The maximum absolute atomic E-state index is 11.8. The van der Waals surface area contributed by atoms with Gasteiger partial charge < -0.3 is 15.2 Å². The van der Waals surface area contributed by atoms with Gasteiger partial charge >= 0.3 is 0 Å². The molecule has 92 valence electrons. The van der Waals surface area contributed by atoms with Gasteiger partial charge in [-0.2, -0.15) is 0 Å². The highest BCUT2D eigenvalue weighted by Gasteiger charge is 2.23. The van der Waals surface area contributed by atoms with E-state index in [0.717, 1.165) is 6.54 Å². The summed E-state index contributed by atoms with van der Waals surface area (Å²) in [6, 6.07) is 3.91. The molecule has 0 bridgehead atoms. The number of piperidine rings is 1. The zero-order valence-electron chi connectivity index (χ0n) is 9.69. The van der Waals surface area contributed by atoms with Crippen molar-refractivity contribution in [1.82, 2.24) is 15.2 Å². The lowest BCUT2D eigenvalue weighted by atomic mass is 9.98. The molecule has 0 aliphatic carbocycles. The third kappa shape index (κ3) is 3.34. The highest BCUT2D eigenvalue weighted by molar-refractivity contribution is 5.83. The zero-order valence-corrected chi connectivity index (χ0v) is 9.69. The Morgan fingerprint density at radius 2 is 2.24 bits per heavy atom. The monoisotopic (exact) mass is 235 g/mol. The van der Waals surface area contributed by atoms with Crippen LogP contribution in [0.1, 0.15) is 12.8 Å². The maximum atomic E-state index is 11.8. The largest absolute Gasteiger partial charge is 0.355 e. The molecular weight excluding hydrogens is 218 g/mol. The summed E-state index contributed by atoms with van der Waals surface area (Å²) in [6.07, 6.45) is 5.04. The lowest BCUT2D eigenvalue weighted by molar-refractivity contribution is -0.128. The van der Waals surface area contributed by atoms with E-state index in [1.807, 2.05) is 29.1 Å². The smallest absolute Gasteiger partial charge is 0.224 e. The Balaban J connectivity index is 1.68. The minimum Gasteiger partial charge on any atom is -0.355 e. The van der Waals surface area contributed by atoms with Crippen molar-refractivity contribution in [3.8, 4) is 0 Å². The molecule has 5 heteroatoms. The summed E-state index contributed by atoms with van der Waals surface area (Å²) in [5, 5.41) is 5.61. The van der Waals surface area contributed by atoms with E-state index in [2.05, 4.69) is 10.6 Å². The van der Waals surface area contributed by atoms with Crippen LogP contribution in [0.3, 0.4) is 0 Å². The zero-order chi connectivity index (χ0) is 12.1. The Hall–Kier alpha value is -1.78. The molecule has 0 radical (unpaired) electrons. The Bertz CT molecular complexity index is 376. The van der Waals surface area contributed by atoms with Gasteiger partial charge in [-0.1, -0.05) is 0 Å². The molecule has 2 heterocycles. The van der Waals surface area contributed by atoms with Crippen molar-refractivity contribution in [1.29, 1.82) is 0 Å².